The summed E-state index contributed by atoms with van der Waals surface area (Å²) < 4.78 is 0. The van der Waals surface area contributed by atoms with E-state index in [1.807, 2.05) is 0 Å². The number of aromatic nitrogens is 2. The quantitative estimate of drug-likeness (QED) is 0.907. The molecule has 0 bridgehead atoms. The summed E-state index contributed by atoms with van der Waals surface area (Å²) >= 11 is 0. The Morgan fingerprint density at radius 3 is 2.67 bits per heavy atom. The molecule has 0 amide bonds. The number of hydrogen-bond donors (Lipinski definition) is 1. The van der Waals surface area contributed by atoms with Crippen molar-refractivity contribution in [1.82, 2.24) is 15.3 Å². The minimum Gasteiger partial charge on any atom is -0.310 e. The highest BCUT2D eigenvalue weighted by molar-refractivity contribution is 5.27. The molecule has 1 aromatic heterocycles. The van der Waals surface area contributed by atoms with Gasteiger partial charge in [0.05, 0.1) is 0 Å². The van der Waals surface area contributed by atoms with Gasteiger partial charge >= 0.3 is 0 Å². The maximum atomic E-state index is 4.90. The second-order valence-corrected chi connectivity index (χ2v) is 8.48. The lowest BCUT2D eigenvalue weighted by Crippen LogP contribution is -2.35. The van der Waals surface area contributed by atoms with Crippen LogP contribution in [-0.4, -0.2) is 16.5 Å². The topological polar surface area (TPSA) is 37.8 Å². The summed E-state index contributed by atoms with van der Waals surface area (Å²) in [5, 5.41) is 3.67. The molecule has 1 atom stereocenters. The molecule has 0 aliphatic heterocycles. The Kier molecular flexibility index (Phi) is 4.72. The van der Waals surface area contributed by atoms with Crippen LogP contribution in [0.4, 0.5) is 0 Å². The van der Waals surface area contributed by atoms with Gasteiger partial charge in [-0.05, 0) is 36.6 Å². The van der Waals surface area contributed by atoms with Crippen LogP contribution < -0.4 is 5.32 Å². The van der Waals surface area contributed by atoms with Crippen molar-refractivity contribution >= 4 is 0 Å². The third-order valence-corrected chi connectivity index (χ3v) is 4.06. The molecule has 1 aliphatic carbocycles. The molecule has 1 aliphatic rings. The van der Waals surface area contributed by atoms with Gasteiger partial charge in [0.25, 0.3) is 0 Å². The fraction of sp³-hybridized carbons (Fsp3) is 0.778. The van der Waals surface area contributed by atoms with E-state index < -0.39 is 0 Å². The Balaban J connectivity index is 2.28. The molecule has 0 aromatic carbocycles. The lowest BCUT2D eigenvalue weighted by Gasteiger charge is -2.36. The minimum atomic E-state index is 0.234. The zero-order valence-electron chi connectivity index (χ0n) is 14.6. The van der Waals surface area contributed by atoms with Gasteiger partial charge in [-0.3, -0.25) is 0 Å². The van der Waals surface area contributed by atoms with Crippen LogP contribution in [-0.2, 0) is 12.8 Å². The van der Waals surface area contributed by atoms with Crippen molar-refractivity contribution in [2.75, 3.05) is 6.54 Å². The predicted octanol–water partition coefficient (Wildman–Crippen LogP) is 4.08. The fourth-order valence-corrected chi connectivity index (χ4v) is 3.15. The van der Waals surface area contributed by atoms with Gasteiger partial charge in [-0.1, -0.05) is 41.5 Å². The Morgan fingerprint density at radius 1 is 1.33 bits per heavy atom. The second kappa shape index (κ2) is 6.04. The lowest BCUT2D eigenvalue weighted by molar-refractivity contribution is 0.252. The summed E-state index contributed by atoms with van der Waals surface area (Å²) in [6, 6.07) is 0.410. The fourth-order valence-electron chi connectivity index (χ4n) is 3.15. The van der Waals surface area contributed by atoms with E-state index in [4.69, 9.17) is 4.98 Å². The second-order valence-electron chi connectivity index (χ2n) is 8.48. The summed E-state index contributed by atoms with van der Waals surface area (Å²) in [6.45, 7) is 14.7. The first kappa shape index (κ1) is 16.4. The molecule has 2 rings (SSSR count). The van der Waals surface area contributed by atoms with Crippen LogP contribution >= 0.6 is 0 Å². The summed E-state index contributed by atoms with van der Waals surface area (Å²) in [4.78, 5) is 9.53. The average molecular weight is 289 g/mol. The first-order valence-electron chi connectivity index (χ1n) is 8.28. The minimum absolute atomic E-state index is 0.234. The van der Waals surface area contributed by atoms with E-state index in [1.165, 1.54) is 17.7 Å². The van der Waals surface area contributed by atoms with Crippen molar-refractivity contribution in [2.45, 2.75) is 73.3 Å². The number of hydrogen-bond acceptors (Lipinski definition) is 3. The molecule has 1 aromatic rings. The molecule has 118 valence electrons. The molecule has 0 radical (unpaired) electrons. The normalized spacial score (nSPS) is 21.1. The number of nitrogens with zero attached hydrogens (tertiary/aromatic N) is 2. The Bertz CT molecular complexity index is 486. The first-order valence-corrected chi connectivity index (χ1v) is 8.28. The summed E-state index contributed by atoms with van der Waals surface area (Å²) in [7, 11) is 0. The maximum Gasteiger partial charge on any atom is 0.129 e. The monoisotopic (exact) mass is 289 g/mol. The molecular formula is C18H31N3. The van der Waals surface area contributed by atoms with E-state index in [9.17, 15) is 0 Å². The van der Waals surface area contributed by atoms with Crippen LogP contribution in [0.5, 0.6) is 0 Å². The number of nitrogens with one attached hydrogen (secondary N) is 1. The molecule has 1 unspecified atom stereocenters. The lowest BCUT2D eigenvalue weighted by atomic mass is 9.74. The summed E-state index contributed by atoms with van der Waals surface area (Å²) in [5.74, 6) is 0.994. The maximum absolute atomic E-state index is 4.90. The molecule has 21 heavy (non-hydrogen) atoms. The van der Waals surface area contributed by atoms with Gasteiger partial charge in [-0.2, -0.15) is 0 Å². The van der Waals surface area contributed by atoms with Crippen LogP contribution in [0.25, 0.3) is 0 Å². The predicted molar refractivity (Wildman–Crippen MR) is 88.3 cm³/mol. The molecule has 0 saturated carbocycles. The zero-order valence-corrected chi connectivity index (χ0v) is 14.6. The van der Waals surface area contributed by atoms with Crippen molar-refractivity contribution in [3.63, 3.8) is 0 Å². The van der Waals surface area contributed by atoms with Gasteiger partial charge in [-0.15, -0.1) is 0 Å². The van der Waals surface area contributed by atoms with Crippen molar-refractivity contribution in [2.24, 2.45) is 10.8 Å². The molecule has 0 saturated heterocycles. The Morgan fingerprint density at radius 2 is 2.05 bits per heavy atom. The van der Waals surface area contributed by atoms with Crippen LogP contribution in [0.15, 0.2) is 6.20 Å². The highest BCUT2D eigenvalue weighted by atomic mass is 15.0. The van der Waals surface area contributed by atoms with Gasteiger partial charge in [0, 0.05) is 29.9 Å². The van der Waals surface area contributed by atoms with Crippen molar-refractivity contribution in [3.05, 3.63) is 23.3 Å². The smallest absolute Gasteiger partial charge is 0.129 e. The molecule has 0 fully saturated rings. The molecule has 0 spiro atoms. The van der Waals surface area contributed by atoms with Gasteiger partial charge in [-0.25, -0.2) is 9.97 Å². The SMILES string of the molecule is CCCNC1CC(C)(C)Cc2nc(CC(C)(C)C)ncc21. The van der Waals surface area contributed by atoms with E-state index in [2.05, 4.69) is 58.0 Å². The average Bonchev–Trinajstić information content (AvgIpc) is 2.32. The van der Waals surface area contributed by atoms with Crippen LogP contribution in [0, 0.1) is 10.8 Å². The highest BCUT2D eigenvalue weighted by Gasteiger charge is 2.33. The van der Waals surface area contributed by atoms with Gasteiger partial charge in [0.1, 0.15) is 5.82 Å². The molecule has 1 heterocycles. The van der Waals surface area contributed by atoms with Crippen LogP contribution in [0.3, 0.4) is 0 Å². The number of fused-ring (bicyclic) bond motifs is 1. The molecule has 3 nitrogen and oxygen atoms in total. The third kappa shape index (κ3) is 4.50. The summed E-state index contributed by atoms with van der Waals surface area (Å²) in [6.07, 6.45) is 6.41. The van der Waals surface area contributed by atoms with E-state index in [0.29, 0.717) is 11.5 Å². The Labute approximate surface area is 130 Å². The van der Waals surface area contributed by atoms with Crippen molar-refractivity contribution in [1.29, 1.82) is 0 Å². The van der Waals surface area contributed by atoms with Gasteiger partial charge in [0.2, 0.25) is 0 Å². The zero-order chi connectivity index (χ0) is 15.7. The summed E-state index contributed by atoms with van der Waals surface area (Å²) in [5.41, 5.74) is 3.12. The first-order chi connectivity index (χ1) is 9.70. The van der Waals surface area contributed by atoms with E-state index in [1.54, 1.807) is 0 Å². The van der Waals surface area contributed by atoms with Crippen LogP contribution in [0.2, 0.25) is 0 Å². The third-order valence-electron chi connectivity index (χ3n) is 4.06. The largest absolute Gasteiger partial charge is 0.310 e. The van der Waals surface area contributed by atoms with E-state index >= 15 is 0 Å². The Hall–Kier alpha value is -0.960. The molecule has 3 heteroatoms. The van der Waals surface area contributed by atoms with E-state index in [0.717, 1.165) is 31.6 Å². The van der Waals surface area contributed by atoms with Gasteiger partial charge in [0.15, 0.2) is 0 Å². The molecule has 1 N–H and O–H groups in total. The standard InChI is InChI=1S/C18H31N3/c1-7-8-19-14-9-18(5,6)10-15-13(14)12-20-16(21-15)11-17(2,3)4/h12,14,19H,7-11H2,1-6H3. The highest BCUT2D eigenvalue weighted by Crippen LogP contribution is 2.39. The molecular weight excluding hydrogens is 258 g/mol. The number of rotatable bonds is 4. The van der Waals surface area contributed by atoms with Crippen molar-refractivity contribution in [3.8, 4) is 0 Å². The van der Waals surface area contributed by atoms with Crippen molar-refractivity contribution < 1.29 is 0 Å². The van der Waals surface area contributed by atoms with Gasteiger partial charge < -0.3 is 5.32 Å². The van der Waals surface area contributed by atoms with Crippen LogP contribution in [0.1, 0.15) is 77.5 Å². The van der Waals surface area contributed by atoms with E-state index in [-0.39, 0.29) is 5.41 Å².